The van der Waals surface area contributed by atoms with Crippen molar-refractivity contribution in [2.75, 3.05) is 32.2 Å². The molecule has 0 spiro atoms. The highest BCUT2D eigenvalue weighted by Gasteiger charge is 2.36. The van der Waals surface area contributed by atoms with E-state index in [1.54, 1.807) is 49.6 Å². The molecular weight excluding hydrogens is 630 g/mol. The summed E-state index contributed by atoms with van der Waals surface area (Å²) in [7, 11) is 0.139. The lowest BCUT2D eigenvalue weighted by Crippen LogP contribution is -2.56. The Morgan fingerprint density at radius 3 is 2.00 bits per heavy atom. The predicted octanol–water partition coefficient (Wildman–Crippen LogP) is 5.46. The van der Waals surface area contributed by atoms with Crippen molar-refractivity contribution in [1.82, 2.24) is 10.2 Å². The number of carbonyl (C=O) groups is 2. The molecule has 11 heteroatoms. The fourth-order valence-corrected chi connectivity index (χ4v) is 6.62. The highest BCUT2D eigenvalue weighted by molar-refractivity contribution is 7.92. The van der Waals surface area contributed by atoms with E-state index < -0.39 is 34.1 Å². The van der Waals surface area contributed by atoms with E-state index in [1.165, 1.54) is 43.4 Å². The van der Waals surface area contributed by atoms with Crippen LogP contribution in [-0.2, 0) is 32.6 Å². The minimum Gasteiger partial charge on any atom is -0.497 e. The Bertz CT molecular complexity index is 1790. The third kappa shape index (κ3) is 9.07. The average molecular weight is 674 g/mol. The number of hydrogen-bond acceptors (Lipinski definition) is 7. The number of methoxy groups -OCH3 is 3. The van der Waals surface area contributed by atoms with E-state index in [9.17, 15) is 18.0 Å². The fourth-order valence-electron chi connectivity index (χ4n) is 5.20. The fraction of sp³-hybridized carbons (Fsp3) is 0.297. The third-order valence-corrected chi connectivity index (χ3v) is 9.31. The Labute approximate surface area is 283 Å². The van der Waals surface area contributed by atoms with Crippen molar-refractivity contribution < 1.29 is 32.2 Å². The van der Waals surface area contributed by atoms with Crippen LogP contribution < -0.4 is 23.8 Å². The first kappa shape index (κ1) is 35.8. The second kappa shape index (κ2) is 15.7. The molecule has 0 aliphatic heterocycles. The van der Waals surface area contributed by atoms with Crippen LogP contribution >= 0.6 is 0 Å². The number of rotatable bonds is 14. The van der Waals surface area contributed by atoms with Gasteiger partial charge in [0.05, 0.1) is 31.9 Å². The molecule has 0 heterocycles. The Morgan fingerprint density at radius 1 is 0.750 bits per heavy atom. The van der Waals surface area contributed by atoms with Crippen molar-refractivity contribution >= 4 is 27.5 Å². The van der Waals surface area contributed by atoms with Crippen LogP contribution in [-0.4, -0.2) is 64.6 Å². The summed E-state index contributed by atoms with van der Waals surface area (Å²) in [6.45, 7) is 4.98. The van der Waals surface area contributed by atoms with E-state index in [0.29, 0.717) is 17.1 Å². The largest absolute Gasteiger partial charge is 0.497 e. The van der Waals surface area contributed by atoms with Gasteiger partial charge in [0.1, 0.15) is 29.8 Å². The second-order valence-electron chi connectivity index (χ2n) is 12.2. The number of anilines is 1. The molecule has 4 aromatic carbocycles. The summed E-state index contributed by atoms with van der Waals surface area (Å²) >= 11 is 0. The van der Waals surface area contributed by atoms with Crippen molar-refractivity contribution in [2.45, 2.75) is 50.2 Å². The van der Waals surface area contributed by atoms with E-state index >= 15 is 0 Å². The highest BCUT2D eigenvalue weighted by Crippen LogP contribution is 2.33. The molecule has 0 radical (unpaired) electrons. The molecule has 0 saturated heterocycles. The average Bonchev–Trinajstić information content (AvgIpc) is 3.08. The van der Waals surface area contributed by atoms with Crippen LogP contribution in [0.5, 0.6) is 17.2 Å². The van der Waals surface area contributed by atoms with Gasteiger partial charge in [-0.25, -0.2) is 8.42 Å². The molecule has 4 rings (SSSR count). The molecule has 0 fully saturated rings. The van der Waals surface area contributed by atoms with E-state index in [2.05, 4.69) is 5.32 Å². The van der Waals surface area contributed by atoms with Crippen LogP contribution in [0.4, 0.5) is 5.69 Å². The van der Waals surface area contributed by atoms with Gasteiger partial charge in [0.2, 0.25) is 11.8 Å². The zero-order valence-corrected chi connectivity index (χ0v) is 29.0. The smallest absolute Gasteiger partial charge is 0.264 e. The van der Waals surface area contributed by atoms with Crippen molar-refractivity contribution in [3.63, 3.8) is 0 Å². The van der Waals surface area contributed by atoms with E-state index in [1.807, 2.05) is 57.2 Å². The molecule has 2 amide bonds. The number of ether oxygens (including phenoxy) is 3. The molecule has 0 saturated carbocycles. The van der Waals surface area contributed by atoms with Crippen molar-refractivity contribution in [1.29, 1.82) is 0 Å². The maximum Gasteiger partial charge on any atom is 0.264 e. The first-order valence-corrected chi connectivity index (χ1v) is 16.9. The molecule has 0 bridgehead atoms. The number of para-hydroxylation sites is 2. The quantitative estimate of drug-likeness (QED) is 0.189. The van der Waals surface area contributed by atoms with Gasteiger partial charge in [-0.3, -0.25) is 13.9 Å². The Balaban J connectivity index is 1.85. The van der Waals surface area contributed by atoms with E-state index in [0.717, 1.165) is 9.87 Å². The van der Waals surface area contributed by atoms with Crippen molar-refractivity contribution in [3.8, 4) is 17.2 Å². The van der Waals surface area contributed by atoms with Gasteiger partial charge in [0.15, 0.2) is 0 Å². The lowest BCUT2D eigenvalue weighted by atomic mass is 10.0. The molecule has 1 N–H and O–H groups in total. The standard InChI is InChI=1S/C37H43N3O7S/c1-37(2,3)38-36(42)33(24-27-13-8-7-9-14-27)39(25-28-15-12-16-30(23-28)46-5)35(41)26-40(32-17-10-11-18-34(32)47-6)48(43,44)31-21-19-29(45-4)20-22-31/h7-23,33H,24-26H2,1-6H3,(H,38,42)/t33-/m0/s1. The van der Waals surface area contributed by atoms with Crippen LogP contribution in [0.25, 0.3) is 0 Å². The number of nitrogens with zero attached hydrogens (tertiary/aromatic N) is 2. The zero-order chi connectivity index (χ0) is 34.9. The zero-order valence-electron chi connectivity index (χ0n) is 28.2. The molecule has 0 aliphatic carbocycles. The van der Waals surface area contributed by atoms with Crippen LogP contribution in [0.1, 0.15) is 31.9 Å². The molecule has 1 atom stereocenters. The van der Waals surface area contributed by atoms with Gasteiger partial charge in [-0.1, -0.05) is 54.6 Å². The Hall–Kier alpha value is -5.03. The van der Waals surface area contributed by atoms with Gasteiger partial charge in [-0.15, -0.1) is 0 Å². The highest BCUT2D eigenvalue weighted by atomic mass is 32.2. The first-order valence-electron chi connectivity index (χ1n) is 15.4. The molecule has 0 unspecified atom stereocenters. The van der Waals surface area contributed by atoms with Crippen LogP contribution in [0.2, 0.25) is 0 Å². The van der Waals surface area contributed by atoms with E-state index in [-0.39, 0.29) is 35.2 Å². The third-order valence-electron chi connectivity index (χ3n) is 7.54. The maximum atomic E-state index is 14.7. The molecule has 10 nitrogen and oxygen atoms in total. The molecular formula is C37H43N3O7S. The molecule has 0 aromatic heterocycles. The van der Waals surface area contributed by atoms with E-state index in [4.69, 9.17) is 14.2 Å². The molecule has 4 aromatic rings. The Kier molecular flexibility index (Phi) is 11.7. The normalized spacial score (nSPS) is 12.0. The van der Waals surface area contributed by atoms with Crippen molar-refractivity contribution in [3.05, 3.63) is 114 Å². The number of carbonyl (C=O) groups excluding carboxylic acids is 2. The van der Waals surface area contributed by atoms with Crippen LogP contribution in [0.3, 0.4) is 0 Å². The predicted molar refractivity (Wildman–Crippen MR) is 186 cm³/mol. The number of sulfonamides is 1. The summed E-state index contributed by atoms with van der Waals surface area (Å²) in [5.41, 5.74) is 1.11. The lowest BCUT2D eigenvalue weighted by Gasteiger charge is -2.35. The minimum atomic E-state index is -4.33. The number of hydrogen-bond donors (Lipinski definition) is 1. The minimum absolute atomic E-state index is 0.00739. The number of nitrogens with one attached hydrogen (secondary N) is 1. The summed E-state index contributed by atoms with van der Waals surface area (Å²) in [5.74, 6) is 0.353. The van der Waals surface area contributed by atoms with Gasteiger partial charge in [0, 0.05) is 18.5 Å². The summed E-state index contributed by atoms with van der Waals surface area (Å²) < 4.78 is 45.9. The lowest BCUT2D eigenvalue weighted by molar-refractivity contribution is -0.140. The topological polar surface area (TPSA) is 114 Å². The molecule has 0 aliphatic rings. The summed E-state index contributed by atoms with van der Waals surface area (Å²) in [5, 5.41) is 3.03. The van der Waals surface area contributed by atoms with Gasteiger partial charge in [0.25, 0.3) is 10.0 Å². The van der Waals surface area contributed by atoms with Crippen LogP contribution in [0.15, 0.2) is 108 Å². The Morgan fingerprint density at radius 2 is 1.38 bits per heavy atom. The SMILES string of the molecule is COc1ccc(S(=O)(=O)N(CC(=O)N(Cc2cccc(OC)c2)[C@@H](Cc2ccccc2)C(=O)NC(C)(C)C)c2ccccc2OC)cc1. The number of amides is 2. The first-order chi connectivity index (χ1) is 22.9. The van der Waals surface area contributed by atoms with Crippen LogP contribution in [0, 0.1) is 0 Å². The number of benzene rings is 4. The van der Waals surface area contributed by atoms with Gasteiger partial charge < -0.3 is 24.4 Å². The summed E-state index contributed by atoms with van der Waals surface area (Å²) in [4.78, 5) is 30.2. The maximum absolute atomic E-state index is 14.7. The molecule has 48 heavy (non-hydrogen) atoms. The monoisotopic (exact) mass is 673 g/mol. The van der Waals surface area contributed by atoms with Gasteiger partial charge >= 0.3 is 0 Å². The van der Waals surface area contributed by atoms with Gasteiger partial charge in [-0.2, -0.15) is 0 Å². The van der Waals surface area contributed by atoms with Crippen molar-refractivity contribution in [2.24, 2.45) is 0 Å². The summed E-state index contributed by atoms with van der Waals surface area (Å²) in [6.07, 6.45) is 0.193. The van der Waals surface area contributed by atoms with Gasteiger partial charge in [-0.05, 0) is 80.4 Å². The summed E-state index contributed by atoms with van der Waals surface area (Å²) in [6, 6.07) is 28.1. The molecule has 254 valence electrons. The second-order valence-corrected chi connectivity index (χ2v) is 14.0.